The SMILES string of the molecule is CCC1(C)C(O)CCC2(C)C1CCC1(C)C3CCC4(C)CCCCC4C3=CC(=O)C12. The van der Waals surface area contributed by atoms with Gasteiger partial charge in [0.1, 0.15) is 0 Å². The predicted octanol–water partition coefficient (Wildman–Crippen LogP) is 6.71. The van der Waals surface area contributed by atoms with Gasteiger partial charge in [0.15, 0.2) is 5.78 Å². The van der Waals surface area contributed by atoms with Crippen LogP contribution in [0.5, 0.6) is 0 Å². The second-order valence-electron chi connectivity index (χ2n) is 13.0. The number of fused-ring (bicyclic) bond motifs is 7. The lowest BCUT2D eigenvalue weighted by Crippen LogP contribution is -2.64. The largest absolute Gasteiger partial charge is 0.393 e. The second-order valence-corrected chi connectivity index (χ2v) is 13.0. The molecule has 9 unspecified atom stereocenters. The van der Waals surface area contributed by atoms with Crippen molar-refractivity contribution >= 4 is 5.78 Å². The van der Waals surface area contributed by atoms with Crippen LogP contribution >= 0.6 is 0 Å². The number of carbonyl (C=O) groups excluding carboxylic acids is 1. The van der Waals surface area contributed by atoms with Crippen LogP contribution in [0.2, 0.25) is 0 Å². The molecule has 0 bridgehead atoms. The lowest BCUT2D eigenvalue weighted by molar-refractivity contribution is -0.193. The Labute approximate surface area is 184 Å². The molecule has 0 aromatic heterocycles. The maximum atomic E-state index is 14.0. The first-order chi connectivity index (χ1) is 14.1. The fourth-order valence-corrected chi connectivity index (χ4v) is 10.1. The molecule has 0 radical (unpaired) electrons. The van der Waals surface area contributed by atoms with Crippen molar-refractivity contribution in [3.63, 3.8) is 0 Å². The topological polar surface area (TPSA) is 37.3 Å². The van der Waals surface area contributed by atoms with E-state index in [1.54, 1.807) is 5.57 Å². The van der Waals surface area contributed by atoms with Gasteiger partial charge in [0.25, 0.3) is 0 Å². The maximum absolute atomic E-state index is 14.0. The van der Waals surface area contributed by atoms with E-state index in [2.05, 4.69) is 40.7 Å². The fourth-order valence-electron chi connectivity index (χ4n) is 10.1. The molecule has 1 N–H and O–H groups in total. The van der Waals surface area contributed by atoms with Crippen molar-refractivity contribution in [1.82, 2.24) is 0 Å². The maximum Gasteiger partial charge on any atom is 0.159 e. The Morgan fingerprint density at radius 2 is 1.63 bits per heavy atom. The zero-order valence-electron chi connectivity index (χ0n) is 20.1. The van der Waals surface area contributed by atoms with Crippen LogP contribution in [0.3, 0.4) is 0 Å². The van der Waals surface area contributed by atoms with Crippen LogP contribution in [0, 0.1) is 45.3 Å². The Bertz CT molecular complexity index is 769. The average Bonchev–Trinajstić information content (AvgIpc) is 2.70. The smallest absolute Gasteiger partial charge is 0.159 e. The highest BCUT2D eigenvalue weighted by atomic mass is 16.3. The molecule has 0 aromatic rings. The van der Waals surface area contributed by atoms with Crippen LogP contribution in [-0.4, -0.2) is 17.0 Å². The van der Waals surface area contributed by atoms with Crippen molar-refractivity contribution in [3.05, 3.63) is 11.6 Å². The third-order valence-electron chi connectivity index (χ3n) is 11.9. The summed E-state index contributed by atoms with van der Waals surface area (Å²) >= 11 is 0. The number of hydrogen-bond acceptors (Lipinski definition) is 2. The summed E-state index contributed by atoms with van der Waals surface area (Å²) in [6.07, 6.45) is 15.2. The van der Waals surface area contributed by atoms with Gasteiger partial charge in [-0.1, -0.05) is 53.0 Å². The third kappa shape index (κ3) is 2.55. The minimum absolute atomic E-state index is 0.0312. The first kappa shape index (κ1) is 21.2. The number of rotatable bonds is 1. The van der Waals surface area contributed by atoms with E-state index in [0.717, 1.165) is 25.7 Å². The Balaban J connectivity index is 1.58. The molecule has 2 heteroatoms. The number of aliphatic hydroxyl groups excluding tert-OH is 1. The monoisotopic (exact) mass is 412 g/mol. The predicted molar refractivity (Wildman–Crippen MR) is 122 cm³/mol. The van der Waals surface area contributed by atoms with Gasteiger partial charge in [-0.25, -0.2) is 0 Å². The summed E-state index contributed by atoms with van der Waals surface area (Å²) in [5.41, 5.74) is 2.09. The average molecular weight is 413 g/mol. The second kappa shape index (κ2) is 6.69. The van der Waals surface area contributed by atoms with Crippen LogP contribution in [0.1, 0.15) is 105 Å². The molecular formula is C28H44O2. The molecule has 5 aliphatic rings. The standard InChI is InChI=1S/C28H44O2/c1-6-26(3)22-11-15-27(4)20-10-14-25(2)13-8-7-9-19(25)18(20)17-21(29)24(27)28(22,5)16-12-23(26)30/h17,19-20,22-24,30H,6-16H2,1-5H3. The van der Waals surface area contributed by atoms with Gasteiger partial charge < -0.3 is 5.11 Å². The summed E-state index contributed by atoms with van der Waals surface area (Å²) in [5.74, 6) is 2.30. The van der Waals surface area contributed by atoms with Gasteiger partial charge in [-0.15, -0.1) is 0 Å². The molecule has 4 fully saturated rings. The Morgan fingerprint density at radius 1 is 0.900 bits per heavy atom. The first-order valence-electron chi connectivity index (χ1n) is 13.0. The minimum atomic E-state index is -0.215. The van der Waals surface area contributed by atoms with Crippen molar-refractivity contribution in [2.75, 3.05) is 0 Å². The summed E-state index contributed by atoms with van der Waals surface area (Å²) in [4.78, 5) is 14.0. The molecule has 168 valence electrons. The van der Waals surface area contributed by atoms with E-state index in [-0.39, 0.29) is 28.3 Å². The van der Waals surface area contributed by atoms with E-state index in [9.17, 15) is 9.90 Å². The third-order valence-corrected chi connectivity index (χ3v) is 11.9. The quantitative estimate of drug-likeness (QED) is 0.519. The summed E-state index contributed by atoms with van der Waals surface area (Å²) in [5, 5.41) is 11.0. The van der Waals surface area contributed by atoms with Gasteiger partial charge in [0.2, 0.25) is 0 Å². The number of allylic oxidation sites excluding steroid dienone is 2. The molecule has 0 saturated heterocycles. The summed E-state index contributed by atoms with van der Waals surface area (Å²) in [6, 6.07) is 0. The van der Waals surface area contributed by atoms with Crippen molar-refractivity contribution in [2.45, 2.75) is 111 Å². The van der Waals surface area contributed by atoms with Crippen LogP contribution < -0.4 is 0 Å². The molecule has 0 aliphatic heterocycles. The first-order valence-corrected chi connectivity index (χ1v) is 13.0. The highest BCUT2D eigenvalue weighted by molar-refractivity contribution is 5.95. The summed E-state index contributed by atoms with van der Waals surface area (Å²) in [7, 11) is 0. The Kier molecular flexibility index (Phi) is 4.73. The number of ketones is 1. The zero-order valence-corrected chi connectivity index (χ0v) is 20.1. The molecule has 5 rings (SSSR count). The molecule has 2 nitrogen and oxygen atoms in total. The van der Waals surface area contributed by atoms with Crippen molar-refractivity contribution < 1.29 is 9.90 Å². The molecule has 9 atom stereocenters. The van der Waals surface area contributed by atoms with E-state index >= 15 is 0 Å². The minimum Gasteiger partial charge on any atom is -0.393 e. The zero-order chi connectivity index (χ0) is 21.5. The Hall–Kier alpha value is -0.630. The fraction of sp³-hybridized carbons (Fsp3) is 0.893. The van der Waals surface area contributed by atoms with E-state index in [0.29, 0.717) is 29.0 Å². The van der Waals surface area contributed by atoms with E-state index in [4.69, 9.17) is 0 Å². The van der Waals surface area contributed by atoms with Crippen LogP contribution in [0.4, 0.5) is 0 Å². The van der Waals surface area contributed by atoms with E-state index < -0.39 is 0 Å². The van der Waals surface area contributed by atoms with Crippen molar-refractivity contribution in [2.24, 2.45) is 45.3 Å². The normalized spacial score (nSPS) is 55.6. The molecule has 4 saturated carbocycles. The molecule has 30 heavy (non-hydrogen) atoms. The number of carbonyl (C=O) groups is 1. The highest BCUT2D eigenvalue weighted by Crippen LogP contribution is 2.71. The highest BCUT2D eigenvalue weighted by Gasteiger charge is 2.66. The number of aliphatic hydroxyl groups is 1. The van der Waals surface area contributed by atoms with Gasteiger partial charge in [-0.2, -0.15) is 0 Å². The molecule has 5 aliphatic carbocycles. The van der Waals surface area contributed by atoms with Gasteiger partial charge in [0.05, 0.1) is 6.10 Å². The summed E-state index contributed by atoms with van der Waals surface area (Å²) in [6.45, 7) is 12.0. The van der Waals surface area contributed by atoms with Gasteiger partial charge in [0, 0.05) is 5.92 Å². The van der Waals surface area contributed by atoms with Crippen molar-refractivity contribution in [3.8, 4) is 0 Å². The molecular weight excluding hydrogens is 368 g/mol. The number of hydrogen-bond donors (Lipinski definition) is 1. The van der Waals surface area contributed by atoms with Crippen LogP contribution in [0.15, 0.2) is 11.6 Å². The molecule has 0 spiro atoms. The lowest BCUT2D eigenvalue weighted by atomic mass is 9.37. The van der Waals surface area contributed by atoms with Crippen LogP contribution in [0.25, 0.3) is 0 Å². The lowest BCUT2D eigenvalue weighted by Gasteiger charge is -2.67. The summed E-state index contributed by atoms with van der Waals surface area (Å²) < 4.78 is 0. The van der Waals surface area contributed by atoms with Gasteiger partial charge in [-0.3, -0.25) is 4.79 Å². The molecule has 0 aromatic carbocycles. The van der Waals surface area contributed by atoms with E-state index in [1.807, 2.05) is 0 Å². The van der Waals surface area contributed by atoms with Crippen LogP contribution in [-0.2, 0) is 4.79 Å². The van der Waals surface area contributed by atoms with Gasteiger partial charge >= 0.3 is 0 Å². The molecule has 0 heterocycles. The van der Waals surface area contributed by atoms with E-state index in [1.165, 1.54) is 44.9 Å². The molecule has 0 amide bonds. The Morgan fingerprint density at radius 3 is 2.37 bits per heavy atom. The van der Waals surface area contributed by atoms with Gasteiger partial charge in [-0.05, 0) is 103 Å². The van der Waals surface area contributed by atoms with Crippen molar-refractivity contribution in [1.29, 1.82) is 0 Å².